The van der Waals surface area contributed by atoms with Crippen molar-refractivity contribution in [2.24, 2.45) is 0 Å². The summed E-state index contributed by atoms with van der Waals surface area (Å²) in [6.45, 7) is 5.45. The summed E-state index contributed by atoms with van der Waals surface area (Å²) < 4.78 is 23.2. The van der Waals surface area contributed by atoms with Crippen LogP contribution < -0.4 is 0 Å². The van der Waals surface area contributed by atoms with Crippen molar-refractivity contribution in [3.63, 3.8) is 0 Å². The summed E-state index contributed by atoms with van der Waals surface area (Å²) in [5.74, 6) is 0.884. The minimum absolute atomic E-state index is 0.0248. The van der Waals surface area contributed by atoms with Crippen molar-refractivity contribution in [1.29, 1.82) is 0 Å². The molecule has 0 bridgehead atoms. The van der Waals surface area contributed by atoms with Crippen LogP contribution in [0.15, 0.2) is 6.20 Å². The largest absolute Gasteiger partial charge is 0.395 e. The monoisotopic (exact) mass is 318 g/mol. The van der Waals surface area contributed by atoms with Gasteiger partial charge in [-0.15, -0.1) is 11.3 Å². The highest BCUT2D eigenvalue weighted by Gasteiger charge is 2.32. The smallest absolute Gasteiger partial charge is 0.151 e. The second kappa shape index (κ2) is 6.51. The van der Waals surface area contributed by atoms with E-state index in [1.165, 1.54) is 0 Å². The van der Waals surface area contributed by atoms with E-state index in [0.29, 0.717) is 25.4 Å². The maximum Gasteiger partial charge on any atom is 0.151 e. The quantitative estimate of drug-likeness (QED) is 0.855. The van der Waals surface area contributed by atoms with Crippen molar-refractivity contribution < 1.29 is 13.5 Å². The molecule has 7 heteroatoms. The first-order valence-electron chi connectivity index (χ1n) is 6.91. The molecular formula is C13H22N2O3S2. The number of aliphatic hydroxyl groups excluding tert-OH is 1. The molecule has 1 unspecified atom stereocenters. The summed E-state index contributed by atoms with van der Waals surface area (Å²) in [6.07, 6.45) is 2.53. The molecule has 0 radical (unpaired) electrons. The van der Waals surface area contributed by atoms with Gasteiger partial charge in [-0.3, -0.25) is 4.90 Å². The highest BCUT2D eigenvalue weighted by molar-refractivity contribution is 7.91. The Labute approximate surface area is 124 Å². The molecule has 0 spiro atoms. The third kappa shape index (κ3) is 4.00. The maximum atomic E-state index is 11.6. The average Bonchev–Trinajstić information content (AvgIpc) is 2.95. The van der Waals surface area contributed by atoms with Crippen LogP contribution in [-0.4, -0.2) is 54.1 Å². The molecule has 1 N–H and O–H groups in total. The van der Waals surface area contributed by atoms with Gasteiger partial charge in [0.05, 0.1) is 23.1 Å². The van der Waals surface area contributed by atoms with Crippen LogP contribution in [0, 0.1) is 0 Å². The van der Waals surface area contributed by atoms with E-state index >= 15 is 0 Å². The normalized spacial score (nSPS) is 21.9. The number of sulfone groups is 1. The molecule has 1 fully saturated rings. The van der Waals surface area contributed by atoms with E-state index in [4.69, 9.17) is 0 Å². The summed E-state index contributed by atoms with van der Waals surface area (Å²) in [4.78, 5) is 7.60. The number of thiazole rings is 1. The van der Waals surface area contributed by atoms with Crippen LogP contribution in [0.1, 0.15) is 36.1 Å². The standard InChI is InChI=1S/C13H22N2O3S2/c1-10(2)13-14-7-12(19-13)8-15(4-5-16)11-3-6-20(17,18)9-11/h7,10-11,16H,3-6,8-9H2,1-2H3. The summed E-state index contributed by atoms with van der Waals surface area (Å²) in [7, 11) is -2.89. The van der Waals surface area contributed by atoms with Crippen molar-refractivity contribution in [2.75, 3.05) is 24.7 Å². The molecule has 1 saturated heterocycles. The Balaban J connectivity index is 2.05. The third-order valence-electron chi connectivity index (χ3n) is 3.54. The van der Waals surface area contributed by atoms with E-state index < -0.39 is 9.84 Å². The van der Waals surface area contributed by atoms with Gasteiger partial charge in [-0.25, -0.2) is 13.4 Å². The molecule has 2 heterocycles. The fraction of sp³-hybridized carbons (Fsp3) is 0.769. The number of aliphatic hydroxyl groups is 1. The zero-order valence-corrected chi connectivity index (χ0v) is 13.6. The fourth-order valence-corrected chi connectivity index (χ4v) is 5.15. The Morgan fingerprint density at radius 3 is 2.80 bits per heavy atom. The molecule has 1 atom stereocenters. The Morgan fingerprint density at radius 1 is 1.55 bits per heavy atom. The molecule has 20 heavy (non-hydrogen) atoms. The van der Waals surface area contributed by atoms with E-state index in [1.54, 1.807) is 11.3 Å². The van der Waals surface area contributed by atoms with Gasteiger partial charge in [0.1, 0.15) is 0 Å². The van der Waals surface area contributed by atoms with Gasteiger partial charge in [-0.05, 0) is 6.42 Å². The van der Waals surface area contributed by atoms with E-state index in [1.807, 2.05) is 6.20 Å². The van der Waals surface area contributed by atoms with E-state index in [-0.39, 0.29) is 24.2 Å². The van der Waals surface area contributed by atoms with Crippen LogP contribution in [0.3, 0.4) is 0 Å². The summed E-state index contributed by atoms with van der Waals surface area (Å²) in [5, 5.41) is 10.3. The topological polar surface area (TPSA) is 70.5 Å². The van der Waals surface area contributed by atoms with Crippen LogP contribution in [0.5, 0.6) is 0 Å². The molecule has 114 valence electrons. The summed E-state index contributed by atoms with van der Waals surface area (Å²) in [5.41, 5.74) is 0. The Hall–Kier alpha value is -0.500. The maximum absolute atomic E-state index is 11.6. The lowest BCUT2D eigenvalue weighted by Crippen LogP contribution is -2.37. The lowest BCUT2D eigenvalue weighted by Gasteiger charge is -2.26. The number of aromatic nitrogens is 1. The first kappa shape index (κ1) is 15.9. The van der Waals surface area contributed by atoms with E-state index in [2.05, 4.69) is 23.7 Å². The van der Waals surface area contributed by atoms with Crippen molar-refractivity contribution >= 4 is 21.2 Å². The van der Waals surface area contributed by atoms with Crippen molar-refractivity contribution in [3.8, 4) is 0 Å². The second-order valence-electron chi connectivity index (χ2n) is 5.57. The number of hydrogen-bond donors (Lipinski definition) is 1. The second-order valence-corrected chi connectivity index (χ2v) is 8.95. The average molecular weight is 318 g/mol. The van der Waals surface area contributed by atoms with Crippen LogP contribution >= 0.6 is 11.3 Å². The van der Waals surface area contributed by atoms with Gasteiger partial charge in [0.2, 0.25) is 0 Å². The van der Waals surface area contributed by atoms with Gasteiger partial charge >= 0.3 is 0 Å². The highest BCUT2D eigenvalue weighted by Crippen LogP contribution is 2.25. The molecule has 0 aliphatic carbocycles. The molecule has 0 aromatic carbocycles. The number of rotatable bonds is 6. The highest BCUT2D eigenvalue weighted by atomic mass is 32.2. The zero-order valence-electron chi connectivity index (χ0n) is 11.9. The van der Waals surface area contributed by atoms with E-state index in [9.17, 15) is 13.5 Å². The summed E-state index contributed by atoms with van der Waals surface area (Å²) >= 11 is 1.67. The lowest BCUT2D eigenvalue weighted by atomic mass is 10.2. The molecule has 1 aromatic rings. The molecule has 5 nitrogen and oxygen atoms in total. The van der Waals surface area contributed by atoms with Gasteiger partial charge in [-0.2, -0.15) is 0 Å². The van der Waals surface area contributed by atoms with Crippen LogP contribution in [-0.2, 0) is 16.4 Å². The predicted octanol–water partition coefficient (Wildman–Crippen LogP) is 1.25. The van der Waals surface area contributed by atoms with Crippen LogP contribution in [0.25, 0.3) is 0 Å². The molecule has 2 rings (SSSR count). The van der Waals surface area contributed by atoms with Crippen molar-refractivity contribution in [2.45, 2.75) is 38.8 Å². The molecule has 1 aliphatic heterocycles. The molecular weight excluding hydrogens is 296 g/mol. The molecule has 1 aromatic heterocycles. The zero-order chi connectivity index (χ0) is 14.8. The van der Waals surface area contributed by atoms with Gasteiger partial charge in [0.15, 0.2) is 9.84 Å². The Morgan fingerprint density at radius 2 is 2.30 bits per heavy atom. The van der Waals surface area contributed by atoms with E-state index in [0.717, 1.165) is 9.88 Å². The van der Waals surface area contributed by atoms with Gasteiger partial charge in [-0.1, -0.05) is 13.8 Å². The Bertz CT molecular complexity index is 540. The fourth-order valence-electron chi connectivity index (χ4n) is 2.45. The number of nitrogens with zero attached hydrogens (tertiary/aromatic N) is 2. The minimum Gasteiger partial charge on any atom is -0.395 e. The van der Waals surface area contributed by atoms with Crippen molar-refractivity contribution in [1.82, 2.24) is 9.88 Å². The van der Waals surface area contributed by atoms with Crippen LogP contribution in [0.2, 0.25) is 0 Å². The molecule has 0 saturated carbocycles. The third-order valence-corrected chi connectivity index (χ3v) is 6.57. The lowest BCUT2D eigenvalue weighted by molar-refractivity contribution is 0.155. The summed E-state index contributed by atoms with van der Waals surface area (Å²) in [6, 6.07) is 0.0248. The number of hydrogen-bond acceptors (Lipinski definition) is 6. The van der Waals surface area contributed by atoms with Crippen molar-refractivity contribution in [3.05, 3.63) is 16.1 Å². The van der Waals surface area contributed by atoms with Crippen LogP contribution in [0.4, 0.5) is 0 Å². The SMILES string of the molecule is CC(C)c1ncc(CN(CCO)C2CCS(=O)(=O)C2)s1. The molecule has 1 aliphatic rings. The minimum atomic E-state index is -2.89. The Kier molecular flexibility index (Phi) is 5.17. The molecule has 0 amide bonds. The van der Waals surface area contributed by atoms with Gasteiger partial charge < -0.3 is 5.11 Å². The van der Waals surface area contributed by atoms with Gasteiger partial charge in [0, 0.05) is 36.1 Å². The first-order chi connectivity index (χ1) is 9.41. The first-order valence-corrected chi connectivity index (χ1v) is 9.55. The predicted molar refractivity (Wildman–Crippen MR) is 80.8 cm³/mol. The van der Waals surface area contributed by atoms with Gasteiger partial charge in [0.25, 0.3) is 0 Å².